The summed E-state index contributed by atoms with van der Waals surface area (Å²) in [6, 6.07) is 15.0. The average Bonchev–Trinajstić information content (AvgIpc) is 2.53. The quantitative estimate of drug-likeness (QED) is 0.852. The number of carboxylic acid groups (broad SMARTS) is 1. The van der Waals surface area contributed by atoms with E-state index >= 15 is 0 Å². The van der Waals surface area contributed by atoms with Crippen molar-refractivity contribution in [1.29, 1.82) is 0 Å². The molecule has 0 heterocycles. The number of carboxylic acids is 1. The van der Waals surface area contributed by atoms with Gasteiger partial charge in [0, 0.05) is 0 Å². The van der Waals surface area contributed by atoms with Gasteiger partial charge in [-0.25, -0.2) is 4.79 Å². The molecule has 0 radical (unpaired) electrons. The highest BCUT2D eigenvalue weighted by atomic mass is 16.5. The third kappa shape index (κ3) is 3.73. The molecule has 2 aromatic carbocycles. The Balaban J connectivity index is 2.18. The van der Waals surface area contributed by atoms with Crippen molar-refractivity contribution in [2.75, 3.05) is 7.11 Å². The first kappa shape index (κ1) is 14.9. The molecule has 5 heteroatoms. The lowest BCUT2D eigenvalue weighted by Crippen LogP contribution is -2.33. The topological polar surface area (TPSA) is 76.0 Å². The average molecular weight is 288 g/mol. The smallest absolute Gasteiger partial charge is 0.348 e. The number of aliphatic carboxylic acids is 1. The highest BCUT2D eigenvalue weighted by Crippen LogP contribution is 2.24. The second-order valence-corrected chi connectivity index (χ2v) is 4.41. The fourth-order valence-electron chi connectivity index (χ4n) is 1.87. The molecule has 21 heavy (non-hydrogen) atoms. The van der Waals surface area contributed by atoms with Crippen LogP contribution in [0.3, 0.4) is 0 Å². The Morgan fingerprint density at radius 2 is 1.62 bits per heavy atom. The number of hydrogen-bond donors (Lipinski definition) is 2. The largest absolute Gasteiger partial charge is 0.497 e. The van der Waals surface area contributed by atoms with Crippen molar-refractivity contribution < 1.29 is 24.5 Å². The van der Waals surface area contributed by atoms with Crippen molar-refractivity contribution in [1.82, 2.24) is 0 Å². The third-order valence-electron chi connectivity index (χ3n) is 2.99. The second-order valence-electron chi connectivity index (χ2n) is 4.41. The summed E-state index contributed by atoms with van der Waals surface area (Å²) >= 11 is 0. The molecular formula is C16H16O5. The fourth-order valence-corrected chi connectivity index (χ4v) is 1.87. The molecule has 0 unspecified atom stereocenters. The van der Waals surface area contributed by atoms with Crippen LogP contribution in [0.2, 0.25) is 0 Å². The Morgan fingerprint density at radius 3 is 2.14 bits per heavy atom. The summed E-state index contributed by atoms with van der Waals surface area (Å²) < 4.78 is 10.4. The Labute approximate surface area is 122 Å². The molecular weight excluding hydrogens is 272 g/mol. The molecule has 0 aliphatic rings. The Hall–Kier alpha value is -2.53. The van der Waals surface area contributed by atoms with Gasteiger partial charge in [-0.15, -0.1) is 0 Å². The minimum atomic E-state index is -1.39. The van der Waals surface area contributed by atoms with Crippen LogP contribution in [0.5, 0.6) is 11.5 Å². The van der Waals surface area contributed by atoms with Crippen molar-refractivity contribution in [3.8, 4) is 11.5 Å². The molecule has 0 aliphatic heterocycles. The molecule has 0 amide bonds. The van der Waals surface area contributed by atoms with Gasteiger partial charge in [-0.05, 0) is 29.8 Å². The summed E-state index contributed by atoms with van der Waals surface area (Å²) in [5.41, 5.74) is 0.444. The molecule has 0 fully saturated rings. The van der Waals surface area contributed by atoms with E-state index in [4.69, 9.17) is 9.47 Å². The Morgan fingerprint density at radius 1 is 1.00 bits per heavy atom. The number of carbonyl (C=O) groups is 1. The van der Waals surface area contributed by atoms with Crippen LogP contribution in [0.25, 0.3) is 0 Å². The van der Waals surface area contributed by atoms with Crippen LogP contribution < -0.4 is 9.47 Å². The number of hydrogen-bond acceptors (Lipinski definition) is 4. The first-order valence-corrected chi connectivity index (χ1v) is 6.38. The van der Waals surface area contributed by atoms with Gasteiger partial charge >= 0.3 is 5.97 Å². The Bertz CT molecular complexity index is 579. The maximum Gasteiger partial charge on any atom is 0.348 e. The van der Waals surface area contributed by atoms with E-state index in [2.05, 4.69) is 0 Å². The zero-order chi connectivity index (χ0) is 15.2. The standard InChI is InChI=1S/C16H16O5/c1-20-12-9-7-11(8-10-12)14(17)15(16(18)19)21-13-5-3-2-4-6-13/h2-10,14-15,17H,1H3,(H,18,19)/t14-,15-/m1/s1. The van der Waals surface area contributed by atoms with Crippen molar-refractivity contribution in [3.63, 3.8) is 0 Å². The van der Waals surface area contributed by atoms with Gasteiger partial charge in [0.1, 0.15) is 17.6 Å². The molecule has 0 saturated heterocycles. The first-order chi connectivity index (χ1) is 10.1. The number of rotatable bonds is 6. The van der Waals surface area contributed by atoms with E-state index in [0.29, 0.717) is 17.1 Å². The number of aliphatic hydroxyl groups excluding tert-OH is 1. The van der Waals surface area contributed by atoms with Crippen molar-refractivity contribution in [3.05, 3.63) is 60.2 Å². The molecule has 0 aromatic heterocycles. The minimum absolute atomic E-state index is 0.387. The molecule has 2 aromatic rings. The van der Waals surface area contributed by atoms with Gasteiger partial charge in [0.2, 0.25) is 6.10 Å². The summed E-state index contributed by atoms with van der Waals surface area (Å²) in [6.07, 6.45) is -2.67. The first-order valence-electron chi connectivity index (χ1n) is 6.38. The van der Waals surface area contributed by atoms with Gasteiger partial charge < -0.3 is 19.7 Å². The summed E-state index contributed by atoms with van der Waals surface area (Å²) in [5, 5.41) is 19.5. The van der Waals surface area contributed by atoms with E-state index in [1.165, 1.54) is 7.11 Å². The van der Waals surface area contributed by atoms with Crippen LogP contribution in [-0.4, -0.2) is 29.4 Å². The van der Waals surface area contributed by atoms with Crippen molar-refractivity contribution in [2.45, 2.75) is 12.2 Å². The van der Waals surface area contributed by atoms with Crippen LogP contribution in [0.4, 0.5) is 0 Å². The van der Waals surface area contributed by atoms with E-state index < -0.39 is 18.2 Å². The fraction of sp³-hybridized carbons (Fsp3) is 0.188. The summed E-state index contributed by atoms with van der Waals surface area (Å²) in [4.78, 5) is 11.3. The molecule has 110 valence electrons. The molecule has 2 rings (SSSR count). The maximum absolute atomic E-state index is 11.3. The van der Waals surface area contributed by atoms with E-state index in [-0.39, 0.29) is 0 Å². The normalized spacial score (nSPS) is 13.2. The minimum Gasteiger partial charge on any atom is -0.497 e. The van der Waals surface area contributed by atoms with E-state index in [0.717, 1.165) is 0 Å². The number of benzene rings is 2. The van der Waals surface area contributed by atoms with Crippen LogP contribution in [0, 0.1) is 0 Å². The van der Waals surface area contributed by atoms with E-state index in [1.807, 2.05) is 0 Å². The van der Waals surface area contributed by atoms with Gasteiger partial charge in [0.25, 0.3) is 0 Å². The highest BCUT2D eigenvalue weighted by Gasteiger charge is 2.30. The lowest BCUT2D eigenvalue weighted by Gasteiger charge is -2.21. The summed E-state index contributed by atoms with van der Waals surface area (Å²) in [7, 11) is 1.53. The van der Waals surface area contributed by atoms with Gasteiger partial charge in [-0.2, -0.15) is 0 Å². The van der Waals surface area contributed by atoms with Gasteiger partial charge in [-0.1, -0.05) is 30.3 Å². The molecule has 5 nitrogen and oxygen atoms in total. The Kier molecular flexibility index (Phi) is 4.79. The summed E-state index contributed by atoms with van der Waals surface area (Å²) in [5.74, 6) is -0.221. The molecule has 2 N–H and O–H groups in total. The number of methoxy groups -OCH3 is 1. The zero-order valence-electron chi connectivity index (χ0n) is 11.5. The van der Waals surface area contributed by atoms with Crippen LogP contribution in [0.15, 0.2) is 54.6 Å². The van der Waals surface area contributed by atoms with Gasteiger partial charge in [-0.3, -0.25) is 0 Å². The lowest BCUT2D eigenvalue weighted by molar-refractivity contribution is -0.150. The molecule has 0 bridgehead atoms. The van der Waals surface area contributed by atoms with Gasteiger partial charge in [0.15, 0.2) is 0 Å². The SMILES string of the molecule is COc1ccc([C@@H](O)[C@@H](Oc2ccccc2)C(=O)O)cc1. The van der Waals surface area contributed by atoms with E-state index in [9.17, 15) is 15.0 Å². The molecule has 0 aliphatic carbocycles. The third-order valence-corrected chi connectivity index (χ3v) is 2.99. The van der Waals surface area contributed by atoms with E-state index in [1.54, 1.807) is 54.6 Å². The molecule has 2 atom stereocenters. The van der Waals surface area contributed by atoms with Crippen LogP contribution in [-0.2, 0) is 4.79 Å². The second kappa shape index (κ2) is 6.76. The van der Waals surface area contributed by atoms with Crippen molar-refractivity contribution in [2.24, 2.45) is 0 Å². The highest BCUT2D eigenvalue weighted by molar-refractivity contribution is 5.74. The predicted molar refractivity (Wildman–Crippen MR) is 76.4 cm³/mol. The number of para-hydroxylation sites is 1. The monoisotopic (exact) mass is 288 g/mol. The van der Waals surface area contributed by atoms with Gasteiger partial charge in [0.05, 0.1) is 7.11 Å². The van der Waals surface area contributed by atoms with Crippen LogP contribution >= 0.6 is 0 Å². The predicted octanol–water partition coefficient (Wildman–Crippen LogP) is 2.26. The number of ether oxygens (including phenoxy) is 2. The lowest BCUT2D eigenvalue weighted by atomic mass is 10.0. The zero-order valence-corrected chi connectivity index (χ0v) is 11.5. The maximum atomic E-state index is 11.3. The summed E-state index contributed by atoms with van der Waals surface area (Å²) in [6.45, 7) is 0. The molecule has 0 spiro atoms. The number of aliphatic hydroxyl groups is 1. The van der Waals surface area contributed by atoms with Crippen molar-refractivity contribution >= 4 is 5.97 Å². The molecule has 0 saturated carbocycles. The van der Waals surface area contributed by atoms with Crippen LogP contribution in [0.1, 0.15) is 11.7 Å².